The zero-order valence-electron chi connectivity index (χ0n) is 23.1. The van der Waals surface area contributed by atoms with Gasteiger partial charge in [0.15, 0.2) is 29.0 Å². The van der Waals surface area contributed by atoms with E-state index in [-0.39, 0.29) is 12.1 Å². The van der Waals surface area contributed by atoms with Crippen LogP contribution in [0.3, 0.4) is 0 Å². The average molecular weight is 555 g/mol. The number of aliphatic imine (C=N–C) groups is 3. The number of likely N-dealkylation sites (N-methyl/N-ethyl adjacent to an activating group) is 1. The summed E-state index contributed by atoms with van der Waals surface area (Å²) in [6, 6.07) is 3.56. The van der Waals surface area contributed by atoms with Crippen molar-refractivity contribution < 1.29 is 28.9 Å². The van der Waals surface area contributed by atoms with Crippen LogP contribution in [0.4, 0.5) is 17.3 Å². The summed E-state index contributed by atoms with van der Waals surface area (Å²) in [7, 11) is 6.47. The predicted octanol–water partition coefficient (Wildman–Crippen LogP) is 1.94. The molecule has 1 amide bonds. The van der Waals surface area contributed by atoms with E-state index in [4.69, 9.17) is 34.1 Å². The van der Waals surface area contributed by atoms with Crippen LogP contribution in [-0.2, 0) is 9.53 Å². The second-order valence-electron chi connectivity index (χ2n) is 8.38. The van der Waals surface area contributed by atoms with E-state index in [9.17, 15) is 4.79 Å². The van der Waals surface area contributed by atoms with Gasteiger partial charge in [0.05, 0.1) is 46.7 Å². The van der Waals surface area contributed by atoms with Crippen molar-refractivity contribution in [3.8, 4) is 28.6 Å². The Bertz CT molecular complexity index is 1250. The quantitative estimate of drug-likeness (QED) is 0.162. The van der Waals surface area contributed by atoms with Crippen molar-refractivity contribution in [3.05, 3.63) is 23.9 Å². The first-order valence-electron chi connectivity index (χ1n) is 12.3. The molecule has 2 N–H and O–H groups in total. The van der Waals surface area contributed by atoms with Crippen molar-refractivity contribution in [1.29, 1.82) is 0 Å². The number of amides is 1. The topological polar surface area (TPSA) is 156 Å². The van der Waals surface area contributed by atoms with E-state index in [0.717, 1.165) is 0 Å². The molecule has 1 aromatic heterocycles. The molecule has 14 nitrogen and oxygen atoms in total. The molecule has 1 fully saturated rings. The van der Waals surface area contributed by atoms with Gasteiger partial charge >= 0.3 is 0 Å². The number of methoxy groups -OCH3 is 3. The lowest BCUT2D eigenvalue weighted by atomic mass is 10.1. The van der Waals surface area contributed by atoms with E-state index >= 15 is 0 Å². The Morgan fingerprint density at radius 2 is 1.85 bits per heavy atom. The number of rotatable bonds is 13. The zero-order chi connectivity index (χ0) is 29.1. The summed E-state index contributed by atoms with van der Waals surface area (Å²) in [5, 5.41) is 8.89. The van der Waals surface area contributed by atoms with E-state index in [0.29, 0.717) is 78.8 Å². The summed E-state index contributed by atoms with van der Waals surface area (Å²) in [6.07, 6.45) is 2.50. The van der Waals surface area contributed by atoms with Crippen molar-refractivity contribution in [3.63, 3.8) is 0 Å². The number of benzene rings is 1. The molecule has 0 radical (unpaired) electrons. The van der Waals surface area contributed by atoms with E-state index < -0.39 is 5.91 Å². The van der Waals surface area contributed by atoms with Crippen LogP contribution in [0.2, 0.25) is 0 Å². The largest absolute Gasteiger partial charge is 0.493 e. The summed E-state index contributed by atoms with van der Waals surface area (Å²) in [5.74, 6) is 2.20. The molecule has 3 rings (SSSR count). The first-order valence-corrected chi connectivity index (χ1v) is 12.3. The smallest absolute Gasteiger partial charge is 0.277 e. The Hall–Kier alpha value is -4.56. The third-order valence-electron chi connectivity index (χ3n) is 5.99. The van der Waals surface area contributed by atoms with Crippen molar-refractivity contribution in [2.24, 2.45) is 15.0 Å². The highest BCUT2D eigenvalue weighted by atomic mass is 16.5. The number of anilines is 2. The summed E-state index contributed by atoms with van der Waals surface area (Å²) < 4.78 is 22.1. The molecule has 1 aliphatic heterocycles. The van der Waals surface area contributed by atoms with Gasteiger partial charge < -0.3 is 28.7 Å². The number of ether oxygens (including phenoxy) is 4. The maximum atomic E-state index is 11.7. The van der Waals surface area contributed by atoms with Gasteiger partial charge in [-0.25, -0.2) is 15.4 Å². The van der Waals surface area contributed by atoms with Gasteiger partial charge in [-0.1, -0.05) is 0 Å². The molecule has 214 valence electrons. The maximum Gasteiger partial charge on any atom is 0.277 e. The molecule has 1 aliphatic rings. The zero-order valence-corrected chi connectivity index (χ0v) is 23.1. The number of aromatic nitrogens is 2. The number of hydrogen-bond donors (Lipinski definition) is 2. The Morgan fingerprint density at radius 3 is 2.40 bits per heavy atom. The van der Waals surface area contributed by atoms with Gasteiger partial charge in [0.2, 0.25) is 5.75 Å². The molecule has 0 atom stereocenters. The maximum absolute atomic E-state index is 11.7. The molecule has 14 heteroatoms. The number of carbonyl (C=O) groups is 1. The summed E-state index contributed by atoms with van der Waals surface area (Å²) >= 11 is 0. The van der Waals surface area contributed by atoms with Gasteiger partial charge in [-0.2, -0.15) is 0 Å². The van der Waals surface area contributed by atoms with E-state index in [2.05, 4.69) is 33.3 Å². The molecule has 0 aliphatic carbocycles. The molecule has 2 aromatic rings. The normalized spacial score (nSPS) is 13.6. The Labute approximate surface area is 232 Å². The molecule has 40 heavy (non-hydrogen) atoms. The van der Waals surface area contributed by atoms with Gasteiger partial charge in [0.25, 0.3) is 5.91 Å². The SMILES string of the molecule is C=N/C=C(\C=NCCN(C)c1nc(-c2cc(OC)c(OC)c(OC)c2)nc(N2CCOCC2)c1N=C)C(=O)NO. The standard InChI is InChI=1S/C26H34N8O6/c1-27-15-18(26(35)32-36)16-29-7-8-33(3)24-21(28-2)25(34-9-11-40-12-10-34)31-23(30-24)17-13-19(37-4)22(39-6)20(14-17)38-5/h13-16,36H,1-2,7-12H2,3-6H3,(H,32,35)/b18-15+,29-16?. The van der Waals surface area contributed by atoms with Gasteiger partial charge in [-0.3, -0.25) is 25.0 Å². The van der Waals surface area contributed by atoms with E-state index in [1.165, 1.54) is 19.5 Å². The van der Waals surface area contributed by atoms with Crippen molar-refractivity contribution >= 4 is 42.9 Å². The van der Waals surface area contributed by atoms with E-state index in [1.54, 1.807) is 31.8 Å². The number of hydroxylamine groups is 1. The van der Waals surface area contributed by atoms with Crippen LogP contribution in [0.5, 0.6) is 17.2 Å². The lowest BCUT2D eigenvalue weighted by Crippen LogP contribution is -2.37. The van der Waals surface area contributed by atoms with Gasteiger partial charge in [-0.15, -0.1) is 0 Å². The van der Waals surface area contributed by atoms with E-state index in [1.807, 2.05) is 11.9 Å². The first-order chi connectivity index (χ1) is 19.4. The van der Waals surface area contributed by atoms with Crippen LogP contribution in [0.25, 0.3) is 11.4 Å². The summed E-state index contributed by atoms with van der Waals surface area (Å²) in [4.78, 5) is 37.5. The van der Waals surface area contributed by atoms with Crippen molar-refractivity contribution in [2.75, 3.05) is 77.6 Å². The Balaban J connectivity index is 2.05. The molecule has 1 aromatic carbocycles. The van der Waals surface area contributed by atoms with Gasteiger partial charge in [0.1, 0.15) is 5.69 Å². The fourth-order valence-electron chi connectivity index (χ4n) is 3.96. The summed E-state index contributed by atoms with van der Waals surface area (Å²) in [5.41, 5.74) is 2.76. The third kappa shape index (κ3) is 6.90. The molecule has 2 heterocycles. The second kappa shape index (κ2) is 14.6. The highest BCUT2D eigenvalue weighted by molar-refractivity contribution is 6.11. The van der Waals surface area contributed by atoms with Gasteiger partial charge in [0, 0.05) is 44.7 Å². The van der Waals surface area contributed by atoms with Crippen molar-refractivity contribution in [1.82, 2.24) is 15.4 Å². The molecule has 0 saturated carbocycles. The number of morpholine rings is 1. The number of hydrogen-bond acceptors (Lipinski definition) is 13. The molecular weight excluding hydrogens is 520 g/mol. The minimum Gasteiger partial charge on any atom is -0.493 e. The third-order valence-corrected chi connectivity index (χ3v) is 5.99. The minimum atomic E-state index is -0.747. The molecular formula is C26H34N8O6. The summed E-state index contributed by atoms with van der Waals surface area (Å²) in [6.45, 7) is 10.2. The van der Waals surface area contributed by atoms with Crippen molar-refractivity contribution in [2.45, 2.75) is 0 Å². The Morgan fingerprint density at radius 1 is 1.18 bits per heavy atom. The highest BCUT2D eigenvalue weighted by Gasteiger charge is 2.24. The highest BCUT2D eigenvalue weighted by Crippen LogP contribution is 2.43. The number of nitrogens with zero attached hydrogens (tertiary/aromatic N) is 7. The van der Waals surface area contributed by atoms with Crippen LogP contribution in [-0.4, -0.2) is 109 Å². The second-order valence-corrected chi connectivity index (χ2v) is 8.38. The fraction of sp³-hybridized carbons (Fsp3) is 0.385. The first kappa shape index (κ1) is 30.0. The van der Waals surface area contributed by atoms with Crippen LogP contribution >= 0.6 is 0 Å². The molecule has 0 bridgehead atoms. The van der Waals surface area contributed by atoms with Gasteiger partial charge in [-0.05, 0) is 25.6 Å². The Kier molecular flexibility index (Phi) is 10.9. The van der Waals surface area contributed by atoms with Crippen LogP contribution in [0, 0.1) is 0 Å². The van der Waals surface area contributed by atoms with Crippen LogP contribution in [0.1, 0.15) is 0 Å². The lowest BCUT2D eigenvalue weighted by molar-refractivity contribution is -0.124. The molecule has 0 unspecified atom stereocenters. The lowest BCUT2D eigenvalue weighted by Gasteiger charge is -2.30. The van der Waals surface area contributed by atoms with Crippen LogP contribution < -0.4 is 29.5 Å². The minimum absolute atomic E-state index is 0.0509. The molecule has 1 saturated heterocycles. The fourth-order valence-corrected chi connectivity index (χ4v) is 3.96. The monoisotopic (exact) mass is 554 g/mol. The number of nitrogens with one attached hydrogen (secondary N) is 1. The average Bonchev–Trinajstić information content (AvgIpc) is 3.00. The predicted molar refractivity (Wildman–Crippen MR) is 154 cm³/mol. The number of carbonyl (C=O) groups excluding carboxylic acids is 1. The molecule has 0 spiro atoms. The van der Waals surface area contributed by atoms with Crippen LogP contribution in [0.15, 0.2) is 38.9 Å².